The highest BCUT2D eigenvalue weighted by Crippen LogP contribution is 2.46. The maximum atomic E-state index is 13.7. The second-order valence-electron chi connectivity index (χ2n) is 9.92. The predicted octanol–water partition coefficient (Wildman–Crippen LogP) is 7.21. The Morgan fingerprint density at radius 3 is 2.38 bits per heavy atom. The van der Waals surface area contributed by atoms with Crippen LogP contribution < -0.4 is 14.4 Å². The maximum absolute atomic E-state index is 13.7. The Hall–Kier alpha value is -4.95. The molecule has 2 heterocycles. The Morgan fingerprint density at radius 2 is 1.64 bits per heavy atom. The standard InChI is InChI=1S/C34H28N2O5S/c1-3-40-27-19-24(15-17-26(27)41-20-22-10-6-4-7-11-22)30-29(31(37)23-12-8-5-9-13-23)32(38)33(39)36(30)34-35-25-16-14-21(2)18-28(25)42-34/h4-19,30,37H,3,20H2,1-2H3/b31-29+. The molecule has 8 heteroatoms. The molecule has 1 atom stereocenters. The Balaban J connectivity index is 1.48. The number of nitrogens with zero attached hydrogens (tertiary/aromatic N) is 2. The first-order valence-electron chi connectivity index (χ1n) is 13.6. The minimum atomic E-state index is -0.936. The molecule has 1 fully saturated rings. The van der Waals surface area contributed by atoms with Crippen LogP contribution in [0.1, 0.15) is 35.2 Å². The fourth-order valence-corrected chi connectivity index (χ4v) is 6.13. The second-order valence-corrected chi connectivity index (χ2v) is 10.9. The predicted molar refractivity (Wildman–Crippen MR) is 164 cm³/mol. The van der Waals surface area contributed by atoms with E-state index in [2.05, 4.69) is 0 Å². The maximum Gasteiger partial charge on any atom is 0.301 e. The normalized spacial score (nSPS) is 16.2. The number of ketones is 1. The van der Waals surface area contributed by atoms with Gasteiger partial charge in [0.25, 0.3) is 5.78 Å². The van der Waals surface area contributed by atoms with Crippen molar-refractivity contribution in [1.82, 2.24) is 4.98 Å². The van der Waals surface area contributed by atoms with Crippen LogP contribution in [0, 0.1) is 6.92 Å². The number of hydrogen-bond donors (Lipinski definition) is 1. The van der Waals surface area contributed by atoms with Crippen LogP contribution in [0.5, 0.6) is 11.5 Å². The molecular formula is C34H28N2O5S. The van der Waals surface area contributed by atoms with Gasteiger partial charge in [-0.1, -0.05) is 84.1 Å². The third kappa shape index (κ3) is 5.12. The fraction of sp³-hybridized carbons (Fsp3) is 0.147. The van der Waals surface area contributed by atoms with Crippen LogP contribution in [-0.4, -0.2) is 28.4 Å². The first-order valence-corrected chi connectivity index (χ1v) is 14.4. The van der Waals surface area contributed by atoms with Gasteiger partial charge in [-0.15, -0.1) is 0 Å². The molecule has 1 aliphatic heterocycles. The SMILES string of the molecule is CCOc1cc(C2/C(=C(\O)c3ccccc3)C(=O)C(=O)N2c2nc3ccc(C)cc3s2)ccc1OCc1ccccc1. The number of thiazole rings is 1. The number of carbonyl (C=O) groups excluding carboxylic acids is 2. The van der Waals surface area contributed by atoms with Gasteiger partial charge in [-0.3, -0.25) is 14.5 Å². The first kappa shape index (κ1) is 27.2. The fourth-order valence-electron chi connectivity index (χ4n) is 5.04. The van der Waals surface area contributed by atoms with E-state index < -0.39 is 17.7 Å². The van der Waals surface area contributed by atoms with Gasteiger partial charge >= 0.3 is 5.91 Å². The topological polar surface area (TPSA) is 89.0 Å². The molecule has 0 aliphatic carbocycles. The lowest BCUT2D eigenvalue weighted by Crippen LogP contribution is -2.29. The monoisotopic (exact) mass is 576 g/mol. The third-order valence-corrected chi connectivity index (χ3v) is 8.07. The molecule has 7 nitrogen and oxygen atoms in total. The number of aryl methyl sites for hydroxylation is 1. The summed E-state index contributed by atoms with van der Waals surface area (Å²) in [5.74, 6) is -0.786. The van der Waals surface area contributed by atoms with Crippen molar-refractivity contribution in [2.75, 3.05) is 11.5 Å². The van der Waals surface area contributed by atoms with E-state index in [0.717, 1.165) is 21.3 Å². The highest BCUT2D eigenvalue weighted by atomic mass is 32.1. The van der Waals surface area contributed by atoms with Crippen LogP contribution in [-0.2, 0) is 16.2 Å². The van der Waals surface area contributed by atoms with Gasteiger partial charge in [0.1, 0.15) is 12.4 Å². The number of Topliss-reactive ketones (excluding diaryl/α,β-unsaturated/α-hetero) is 1. The zero-order valence-corrected chi connectivity index (χ0v) is 23.9. The molecular weight excluding hydrogens is 548 g/mol. The number of anilines is 1. The Bertz CT molecular complexity index is 1810. The zero-order chi connectivity index (χ0) is 29.2. The number of fused-ring (bicyclic) bond motifs is 1. The Morgan fingerprint density at radius 1 is 0.905 bits per heavy atom. The molecule has 5 aromatic rings. The number of aromatic nitrogens is 1. The van der Waals surface area contributed by atoms with Crippen molar-refractivity contribution < 1.29 is 24.2 Å². The average Bonchev–Trinajstić information content (AvgIpc) is 3.54. The van der Waals surface area contributed by atoms with Crippen LogP contribution in [0.2, 0.25) is 0 Å². The number of amides is 1. The number of aliphatic hydroxyl groups is 1. The van der Waals surface area contributed by atoms with E-state index in [1.54, 1.807) is 42.5 Å². The number of carbonyl (C=O) groups is 2. The molecule has 1 saturated heterocycles. The minimum absolute atomic E-state index is 0.0120. The van der Waals surface area contributed by atoms with Gasteiger partial charge < -0.3 is 14.6 Å². The van der Waals surface area contributed by atoms with E-state index in [-0.39, 0.29) is 11.3 Å². The molecule has 1 N–H and O–H groups in total. The van der Waals surface area contributed by atoms with Gasteiger partial charge in [0.15, 0.2) is 16.6 Å². The minimum Gasteiger partial charge on any atom is -0.507 e. The number of benzene rings is 4. The van der Waals surface area contributed by atoms with Gasteiger partial charge in [0, 0.05) is 5.56 Å². The molecule has 1 amide bonds. The van der Waals surface area contributed by atoms with Gasteiger partial charge in [-0.2, -0.15) is 0 Å². The highest BCUT2D eigenvalue weighted by Gasteiger charge is 2.48. The quantitative estimate of drug-likeness (QED) is 0.119. The molecule has 6 rings (SSSR count). The average molecular weight is 577 g/mol. The molecule has 0 radical (unpaired) electrons. The lowest BCUT2D eigenvalue weighted by atomic mass is 9.95. The number of hydrogen-bond acceptors (Lipinski definition) is 7. The van der Waals surface area contributed by atoms with Crippen molar-refractivity contribution in [2.24, 2.45) is 0 Å². The van der Waals surface area contributed by atoms with Crippen molar-refractivity contribution in [3.63, 3.8) is 0 Å². The molecule has 42 heavy (non-hydrogen) atoms. The van der Waals surface area contributed by atoms with Crippen molar-refractivity contribution >= 4 is 44.1 Å². The molecule has 0 bridgehead atoms. The molecule has 1 unspecified atom stereocenters. The Labute approximate surface area is 247 Å². The molecule has 210 valence electrons. The molecule has 0 saturated carbocycles. The van der Waals surface area contributed by atoms with Crippen LogP contribution in [0.4, 0.5) is 5.13 Å². The van der Waals surface area contributed by atoms with E-state index in [1.807, 2.05) is 68.4 Å². The van der Waals surface area contributed by atoms with E-state index in [9.17, 15) is 14.7 Å². The summed E-state index contributed by atoms with van der Waals surface area (Å²) in [6, 6.07) is 28.8. The van der Waals surface area contributed by atoms with Crippen LogP contribution in [0.15, 0.2) is 103 Å². The number of ether oxygens (including phenoxy) is 2. The van der Waals surface area contributed by atoms with Crippen molar-refractivity contribution in [3.05, 3.63) is 125 Å². The van der Waals surface area contributed by atoms with E-state index in [1.165, 1.54) is 16.2 Å². The third-order valence-electron chi connectivity index (χ3n) is 7.05. The lowest BCUT2D eigenvalue weighted by molar-refractivity contribution is -0.132. The van der Waals surface area contributed by atoms with Crippen LogP contribution in [0.3, 0.4) is 0 Å². The summed E-state index contributed by atoms with van der Waals surface area (Å²) in [6.45, 7) is 4.59. The summed E-state index contributed by atoms with van der Waals surface area (Å²) in [5, 5.41) is 11.8. The molecule has 4 aromatic carbocycles. The van der Waals surface area contributed by atoms with Gasteiger partial charge in [0.05, 0.1) is 28.4 Å². The largest absolute Gasteiger partial charge is 0.507 e. The van der Waals surface area contributed by atoms with E-state index in [4.69, 9.17) is 14.5 Å². The molecule has 0 spiro atoms. The van der Waals surface area contributed by atoms with Gasteiger partial charge in [0.2, 0.25) is 0 Å². The van der Waals surface area contributed by atoms with Gasteiger partial charge in [-0.25, -0.2) is 4.98 Å². The second kappa shape index (κ2) is 11.5. The van der Waals surface area contributed by atoms with E-state index in [0.29, 0.717) is 41.0 Å². The van der Waals surface area contributed by atoms with Crippen LogP contribution in [0.25, 0.3) is 16.0 Å². The molecule has 1 aliphatic rings. The lowest BCUT2D eigenvalue weighted by Gasteiger charge is -2.24. The van der Waals surface area contributed by atoms with E-state index >= 15 is 0 Å². The summed E-state index contributed by atoms with van der Waals surface area (Å²) < 4.78 is 13.0. The van der Waals surface area contributed by atoms with Crippen molar-refractivity contribution in [2.45, 2.75) is 26.5 Å². The highest BCUT2D eigenvalue weighted by molar-refractivity contribution is 7.22. The zero-order valence-electron chi connectivity index (χ0n) is 23.1. The van der Waals surface area contributed by atoms with Crippen molar-refractivity contribution in [3.8, 4) is 11.5 Å². The number of rotatable bonds is 8. The first-order chi connectivity index (χ1) is 20.4. The summed E-state index contributed by atoms with van der Waals surface area (Å²) >= 11 is 1.33. The van der Waals surface area contributed by atoms with Crippen LogP contribution >= 0.6 is 11.3 Å². The number of aliphatic hydroxyl groups excluding tert-OH is 1. The van der Waals surface area contributed by atoms with Gasteiger partial charge in [-0.05, 0) is 54.8 Å². The smallest absolute Gasteiger partial charge is 0.301 e. The Kier molecular flexibility index (Phi) is 7.46. The van der Waals surface area contributed by atoms with Crippen molar-refractivity contribution in [1.29, 1.82) is 0 Å². The summed E-state index contributed by atoms with van der Waals surface area (Å²) in [6.07, 6.45) is 0. The summed E-state index contributed by atoms with van der Waals surface area (Å²) in [4.78, 5) is 33.4. The summed E-state index contributed by atoms with van der Waals surface area (Å²) in [7, 11) is 0. The summed E-state index contributed by atoms with van der Waals surface area (Å²) in [5.41, 5.74) is 3.80. The molecule has 1 aromatic heterocycles.